The summed E-state index contributed by atoms with van der Waals surface area (Å²) in [7, 11) is 0. The Balaban J connectivity index is 2.08. The van der Waals surface area contributed by atoms with Gasteiger partial charge in [0, 0.05) is 22.8 Å². The molecule has 0 aliphatic rings. The van der Waals surface area contributed by atoms with E-state index in [-0.39, 0.29) is 0 Å². The van der Waals surface area contributed by atoms with Crippen LogP contribution in [0.5, 0.6) is 0 Å². The van der Waals surface area contributed by atoms with E-state index in [1.165, 1.54) is 12.1 Å². The van der Waals surface area contributed by atoms with Gasteiger partial charge in [-0.3, -0.25) is 0 Å². The molecule has 0 atom stereocenters. The molecule has 0 aliphatic carbocycles. The van der Waals surface area contributed by atoms with Crippen LogP contribution in [0.2, 0.25) is 5.02 Å². The molecule has 0 saturated carbocycles. The molecule has 5 heteroatoms. The summed E-state index contributed by atoms with van der Waals surface area (Å²) in [6.45, 7) is 0.440. The van der Waals surface area contributed by atoms with Crippen LogP contribution in [0.1, 0.15) is 5.56 Å². The number of anilines is 1. The van der Waals surface area contributed by atoms with Crippen molar-refractivity contribution in [2.45, 2.75) is 6.54 Å². The topological polar surface area (TPSA) is 12.0 Å². The fourth-order valence-electron chi connectivity index (χ4n) is 1.51. The molecular formula is C13H9BrClF2N. The van der Waals surface area contributed by atoms with Crippen molar-refractivity contribution in [3.05, 3.63) is 63.1 Å². The zero-order valence-electron chi connectivity index (χ0n) is 9.18. The average molecular weight is 333 g/mol. The lowest BCUT2D eigenvalue weighted by atomic mass is 10.2. The van der Waals surface area contributed by atoms with Gasteiger partial charge in [-0.05, 0) is 45.8 Å². The maximum atomic E-state index is 13.0. The molecular weight excluding hydrogens is 324 g/mol. The molecule has 0 saturated heterocycles. The summed E-state index contributed by atoms with van der Waals surface area (Å²) in [6, 6.07) is 8.80. The van der Waals surface area contributed by atoms with Crippen molar-refractivity contribution in [3.8, 4) is 0 Å². The molecule has 1 N–H and O–H groups in total. The quantitative estimate of drug-likeness (QED) is 0.834. The van der Waals surface area contributed by atoms with Crippen LogP contribution in [0.15, 0.2) is 40.9 Å². The van der Waals surface area contributed by atoms with E-state index in [4.69, 9.17) is 11.6 Å². The lowest BCUT2D eigenvalue weighted by molar-refractivity contribution is 0.584. The number of benzene rings is 2. The Labute approximate surface area is 117 Å². The van der Waals surface area contributed by atoms with E-state index < -0.39 is 11.6 Å². The molecule has 0 bridgehead atoms. The summed E-state index contributed by atoms with van der Waals surface area (Å²) in [5.41, 5.74) is 1.32. The van der Waals surface area contributed by atoms with Gasteiger partial charge in [0.1, 0.15) is 11.6 Å². The first-order chi connectivity index (χ1) is 8.54. The van der Waals surface area contributed by atoms with Crippen molar-refractivity contribution in [1.82, 2.24) is 0 Å². The van der Waals surface area contributed by atoms with Gasteiger partial charge in [-0.25, -0.2) is 8.78 Å². The van der Waals surface area contributed by atoms with E-state index in [1.54, 1.807) is 6.07 Å². The Kier molecular flexibility index (Phi) is 4.19. The molecule has 94 valence electrons. The average Bonchev–Trinajstić information content (AvgIpc) is 2.29. The van der Waals surface area contributed by atoms with Crippen LogP contribution in [0, 0.1) is 11.6 Å². The molecule has 18 heavy (non-hydrogen) atoms. The summed E-state index contributed by atoms with van der Waals surface area (Å²) in [5, 5.41) is 3.53. The van der Waals surface area contributed by atoms with Crippen LogP contribution >= 0.6 is 27.5 Å². The molecule has 0 heterocycles. The Morgan fingerprint density at radius 2 is 1.72 bits per heavy atom. The van der Waals surface area contributed by atoms with E-state index in [1.807, 2.05) is 12.1 Å². The molecule has 0 unspecified atom stereocenters. The minimum Gasteiger partial charge on any atom is -0.381 e. The number of nitrogens with one attached hydrogen (secondary N) is 1. The van der Waals surface area contributed by atoms with Crippen LogP contribution in [0.25, 0.3) is 0 Å². The van der Waals surface area contributed by atoms with E-state index in [0.29, 0.717) is 17.3 Å². The van der Waals surface area contributed by atoms with Gasteiger partial charge in [0.05, 0.1) is 5.02 Å². The third-order valence-electron chi connectivity index (χ3n) is 2.34. The molecule has 0 amide bonds. The highest BCUT2D eigenvalue weighted by molar-refractivity contribution is 9.10. The standard InChI is InChI=1S/C13H9BrClF2N/c14-12-2-1-8(3-13(12)15)7-18-11-5-9(16)4-10(17)6-11/h1-6,18H,7H2. The Morgan fingerprint density at radius 3 is 2.33 bits per heavy atom. The summed E-state index contributed by atoms with van der Waals surface area (Å²) < 4.78 is 26.7. The van der Waals surface area contributed by atoms with Gasteiger partial charge >= 0.3 is 0 Å². The highest BCUT2D eigenvalue weighted by atomic mass is 79.9. The molecule has 0 spiro atoms. The molecule has 0 radical (unpaired) electrons. The summed E-state index contributed by atoms with van der Waals surface area (Å²) in [6.07, 6.45) is 0. The second-order valence-corrected chi connectivity index (χ2v) is 5.02. The zero-order chi connectivity index (χ0) is 13.1. The minimum absolute atomic E-state index is 0.395. The first-order valence-electron chi connectivity index (χ1n) is 5.18. The third kappa shape index (κ3) is 3.43. The Morgan fingerprint density at radius 1 is 1.06 bits per heavy atom. The van der Waals surface area contributed by atoms with Crippen LogP contribution in [-0.2, 0) is 6.54 Å². The Bertz CT molecular complexity index is 555. The van der Waals surface area contributed by atoms with Crippen LogP contribution < -0.4 is 5.32 Å². The largest absolute Gasteiger partial charge is 0.381 e. The normalized spacial score (nSPS) is 10.4. The number of halogens is 4. The van der Waals surface area contributed by atoms with E-state index in [2.05, 4.69) is 21.2 Å². The van der Waals surface area contributed by atoms with Crippen molar-refractivity contribution in [2.75, 3.05) is 5.32 Å². The summed E-state index contributed by atoms with van der Waals surface area (Å²) in [5.74, 6) is -1.21. The van der Waals surface area contributed by atoms with Crippen molar-refractivity contribution in [1.29, 1.82) is 0 Å². The highest BCUT2D eigenvalue weighted by Crippen LogP contribution is 2.23. The fourth-order valence-corrected chi connectivity index (χ4v) is 1.96. The van der Waals surface area contributed by atoms with Crippen molar-refractivity contribution in [3.63, 3.8) is 0 Å². The molecule has 0 aromatic heterocycles. The second-order valence-electron chi connectivity index (χ2n) is 3.76. The van der Waals surface area contributed by atoms with Crippen molar-refractivity contribution < 1.29 is 8.78 Å². The van der Waals surface area contributed by atoms with Gasteiger partial charge in [0.25, 0.3) is 0 Å². The van der Waals surface area contributed by atoms with Gasteiger partial charge in [0.15, 0.2) is 0 Å². The van der Waals surface area contributed by atoms with Gasteiger partial charge in [-0.15, -0.1) is 0 Å². The second kappa shape index (κ2) is 5.67. The summed E-state index contributed by atoms with van der Waals surface area (Å²) >= 11 is 9.24. The smallest absolute Gasteiger partial charge is 0.128 e. The predicted octanol–water partition coefficient (Wildman–Crippen LogP) is 4.99. The lowest BCUT2D eigenvalue weighted by Crippen LogP contribution is -2.00. The van der Waals surface area contributed by atoms with Crippen LogP contribution in [-0.4, -0.2) is 0 Å². The zero-order valence-corrected chi connectivity index (χ0v) is 11.5. The number of rotatable bonds is 3. The predicted molar refractivity (Wildman–Crippen MR) is 72.8 cm³/mol. The van der Waals surface area contributed by atoms with E-state index in [9.17, 15) is 8.78 Å². The number of hydrogen-bond acceptors (Lipinski definition) is 1. The van der Waals surface area contributed by atoms with Gasteiger partial charge < -0.3 is 5.32 Å². The fraction of sp³-hybridized carbons (Fsp3) is 0.0769. The maximum Gasteiger partial charge on any atom is 0.128 e. The number of hydrogen-bond donors (Lipinski definition) is 1. The van der Waals surface area contributed by atoms with Gasteiger partial charge in [-0.1, -0.05) is 17.7 Å². The highest BCUT2D eigenvalue weighted by Gasteiger charge is 2.02. The van der Waals surface area contributed by atoms with Crippen LogP contribution in [0.3, 0.4) is 0 Å². The monoisotopic (exact) mass is 331 g/mol. The first-order valence-corrected chi connectivity index (χ1v) is 6.35. The minimum atomic E-state index is -0.605. The molecule has 0 fully saturated rings. The van der Waals surface area contributed by atoms with Gasteiger partial charge in [-0.2, -0.15) is 0 Å². The molecule has 2 aromatic carbocycles. The summed E-state index contributed by atoms with van der Waals surface area (Å²) in [4.78, 5) is 0. The SMILES string of the molecule is Fc1cc(F)cc(NCc2ccc(Br)c(Cl)c2)c1. The van der Waals surface area contributed by atoms with E-state index >= 15 is 0 Å². The molecule has 2 aromatic rings. The Hall–Kier alpha value is -1.13. The third-order valence-corrected chi connectivity index (χ3v) is 3.58. The van der Waals surface area contributed by atoms with Crippen molar-refractivity contribution >= 4 is 33.2 Å². The first kappa shape index (κ1) is 13.3. The van der Waals surface area contributed by atoms with Crippen LogP contribution in [0.4, 0.5) is 14.5 Å². The van der Waals surface area contributed by atoms with E-state index in [0.717, 1.165) is 16.1 Å². The molecule has 0 aliphatic heterocycles. The lowest BCUT2D eigenvalue weighted by Gasteiger charge is -2.08. The molecule has 1 nitrogen and oxygen atoms in total. The maximum absolute atomic E-state index is 13.0. The van der Waals surface area contributed by atoms with Crippen molar-refractivity contribution in [2.24, 2.45) is 0 Å². The van der Waals surface area contributed by atoms with Gasteiger partial charge in [0.2, 0.25) is 0 Å². The molecule has 2 rings (SSSR count).